The van der Waals surface area contributed by atoms with Crippen molar-refractivity contribution in [1.29, 1.82) is 0 Å². The van der Waals surface area contributed by atoms with Crippen LogP contribution in [0.5, 0.6) is 0 Å². The lowest BCUT2D eigenvalue weighted by Crippen LogP contribution is -2.04. The van der Waals surface area contributed by atoms with Crippen molar-refractivity contribution in [2.45, 2.75) is 11.8 Å². The summed E-state index contributed by atoms with van der Waals surface area (Å²) in [6.45, 7) is 3.12. The number of benzene rings is 2. The van der Waals surface area contributed by atoms with Crippen molar-refractivity contribution in [3.63, 3.8) is 0 Å². The number of nitrogens with one attached hydrogen (secondary N) is 1. The third-order valence-electron chi connectivity index (χ3n) is 2.57. The predicted molar refractivity (Wildman–Crippen MR) is 76.8 cm³/mol. The van der Waals surface area contributed by atoms with Gasteiger partial charge in [0.15, 0.2) is 0 Å². The summed E-state index contributed by atoms with van der Waals surface area (Å²) in [7, 11) is 0. The molecular formula is C15H17NS. The van der Waals surface area contributed by atoms with Crippen LogP contribution in [0.3, 0.4) is 0 Å². The normalized spacial score (nSPS) is 10.2. The Bertz CT molecular complexity index is 453. The van der Waals surface area contributed by atoms with Gasteiger partial charge in [-0.05, 0) is 30.7 Å². The first-order valence-corrected chi connectivity index (χ1v) is 6.82. The van der Waals surface area contributed by atoms with Crippen molar-refractivity contribution in [2.24, 2.45) is 0 Å². The first-order valence-electron chi connectivity index (χ1n) is 5.83. The first-order chi connectivity index (χ1) is 8.36. The maximum Gasteiger partial charge on any atom is 0.0370 e. The van der Waals surface area contributed by atoms with Gasteiger partial charge < -0.3 is 5.32 Å². The summed E-state index contributed by atoms with van der Waals surface area (Å²) in [4.78, 5) is 1.33. The van der Waals surface area contributed by atoms with Gasteiger partial charge in [-0.3, -0.25) is 0 Å². The van der Waals surface area contributed by atoms with Gasteiger partial charge in [0.25, 0.3) is 0 Å². The van der Waals surface area contributed by atoms with Crippen LogP contribution in [0.1, 0.15) is 5.56 Å². The Balaban J connectivity index is 1.76. The minimum atomic E-state index is 0.990. The molecule has 17 heavy (non-hydrogen) atoms. The number of hydrogen-bond acceptors (Lipinski definition) is 2. The fourth-order valence-electron chi connectivity index (χ4n) is 1.64. The number of para-hydroxylation sites is 1. The average molecular weight is 243 g/mol. The van der Waals surface area contributed by atoms with Crippen molar-refractivity contribution in [2.75, 3.05) is 17.6 Å². The summed E-state index contributed by atoms with van der Waals surface area (Å²) >= 11 is 1.88. The maximum atomic E-state index is 3.46. The van der Waals surface area contributed by atoms with E-state index in [1.165, 1.54) is 16.1 Å². The van der Waals surface area contributed by atoms with E-state index in [9.17, 15) is 0 Å². The minimum Gasteiger partial charge on any atom is -0.384 e. The smallest absolute Gasteiger partial charge is 0.0370 e. The van der Waals surface area contributed by atoms with E-state index >= 15 is 0 Å². The van der Waals surface area contributed by atoms with Gasteiger partial charge in [0.1, 0.15) is 0 Å². The standard InChI is InChI=1S/C15H17NS/c1-13-7-5-6-10-15(13)16-11-12-17-14-8-3-2-4-9-14/h2-10,16H,11-12H2,1H3. The highest BCUT2D eigenvalue weighted by Crippen LogP contribution is 2.17. The van der Waals surface area contributed by atoms with Gasteiger partial charge in [0, 0.05) is 22.9 Å². The molecule has 2 rings (SSSR count). The summed E-state index contributed by atoms with van der Waals surface area (Å²) in [5, 5.41) is 3.46. The molecule has 0 aliphatic carbocycles. The van der Waals surface area contributed by atoms with E-state index in [0.717, 1.165) is 12.3 Å². The number of anilines is 1. The molecule has 2 heteroatoms. The van der Waals surface area contributed by atoms with Crippen LogP contribution >= 0.6 is 11.8 Å². The van der Waals surface area contributed by atoms with Gasteiger partial charge in [-0.15, -0.1) is 11.8 Å². The maximum absolute atomic E-state index is 3.46. The zero-order valence-electron chi connectivity index (χ0n) is 10.0. The second-order valence-electron chi connectivity index (χ2n) is 3.90. The average Bonchev–Trinajstić information content (AvgIpc) is 2.38. The van der Waals surface area contributed by atoms with Gasteiger partial charge in [-0.25, -0.2) is 0 Å². The molecule has 0 aliphatic rings. The minimum absolute atomic E-state index is 0.990. The Morgan fingerprint density at radius 2 is 1.65 bits per heavy atom. The zero-order valence-corrected chi connectivity index (χ0v) is 10.8. The summed E-state index contributed by atoms with van der Waals surface area (Å²) < 4.78 is 0. The summed E-state index contributed by atoms with van der Waals surface area (Å²) in [5.41, 5.74) is 2.54. The van der Waals surface area contributed by atoms with E-state index in [1.807, 2.05) is 11.8 Å². The molecule has 0 unspecified atom stereocenters. The van der Waals surface area contributed by atoms with Crippen molar-refractivity contribution < 1.29 is 0 Å². The first kappa shape index (κ1) is 12.1. The van der Waals surface area contributed by atoms with Gasteiger partial charge in [0.2, 0.25) is 0 Å². The van der Waals surface area contributed by atoms with Crippen LogP contribution < -0.4 is 5.32 Å². The van der Waals surface area contributed by atoms with Crippen LogP contribution in [0.4, 0.5) is 5.69 Å². The fourth-order valence-corrected chi connectivity index (χ4v) is 2.43. The van der Waals surface area contributed by atoms with Crippen LogP contribution in [0.25, 0.3) is 0 Å². The molecule has 0 radical (unpaired) electrons. The predicted octanol–water partition coefficient (Wildman–Crippen LogP) is 4.20. The summed E-state index contributed by atoms with van der Waals surface area (Å²) in [6, 6.07) is 18.9. The second-order valence-corrected chi connectivity index (χ2v) is 5.07. The highest BCUT2D eigenvalue weighted by atomic mass is 32.2. The molecule has 1 nitrogen and oxygen atoms in total. The van der Waals surface area contributed by atoms with Gasteiger partial charge in [-0.2, -0.15) is 0 Å². The highest BCUT2D eigenvalue weighted by molar-refractivity contribution is 7.99. The lowest BCUT2D eigenvalue weighted by atomic mass is 10.2. The monoisotopic (exact) mass is 243 g/mol. The third kappa shape index (κ3) is 3.82. The fraction of sp³-hybridized carbons (Fsp3) is 0.200. The van der Waals surface area contributed by atoms with E-state index < -0.39 is 0 Å². The molecule has 0 aromatic heterocycles. The topological polar surface area (TPSA) is 12.0 Å². The number of aryl methyl sites for hydroxylation is 1. The largest absolute Gasteiger partial charge is 0.384 e. The van der Waals surface area contributed by atoms with Crippen molar-refractivity contribution in [3.05, 3.63) is 60.2 Å². The molecule has 0 amide bonds. The lowest BCUT2D eigenvalue weighted by molar-refractivity contribution is 1.21. The van der Waals surface area contributed by atoms with Crippen LogP contribution in [0.2, 0.25) is 0 Å². The van der Waals surface area contributed by atoms with Crippen LogP contribution in [0.15, 0.2) is 59.5 Å². The molecule has 0 spiro atoms. The Morgan fingerprint density at radius 1 is 0.941 bits per heavy atom. The van der Waals surface area contributed by atoms with Crippen molar-refractivity contribution >= 4 is 17.4 Å². The Labute approximate surface area is 107 Å². The molecule has 88 valence electrons. The number of hydrogen-bond donors (Lipinski definition) is 1. The van der Waals surface area contributed by atoms with Gasteiger partial charge in [0.05, 0.1) is 0 Å². The van der Waals surface area contributed by atoms with Crippen molar-refractivity contribution in [3.8, 4) is 0 Å². The van der Waals surface area contributed by atoms with Gasteiger partial charge >= 0.3 is 0 Å². The Morgan fingerprint density at radius 3 is 2.41 bits per heavy atom. The summed E-state index contributed by atoms with van der Waals surface area (Å²) in [5.74, 6) is 1.08. The SMILES string of the molecule is Cc1ccccc1NCCSc1ccccc1. The highest BCUT2D eigenvalue weighted by Gasteiger charge is 1.96. The summed E-state index contributed by atoms with van der Waals surface area (Å²) in [6.07, 6.45) is 0. The van der Waals surface area contributed by atoms with Crippen LogP contribution in [-0.4, -0.2) is 12.3 Å². The molecule has 0 aliphatic heterocycles. The molecule has 0 heterocycles. The third-order valence-corrected chi connectivity index (χ3v) is 3.59. The van der Waals surface area contributed by atoms with E-state index in [-0.39, 0.29) is 0 Å². The molecule has 0 saturated carbocycles. The quantitative estimate of drug-likeness (QED) is 0.624. The molecule has 0 atom stereocenters. The number of rotatable bonds is 5. The van der Waals surface area contributed by atoms with E-state index in [4.69, 9.17) is 0 Å². The van der Waals surface area contributed by atoms with Crippen LogP contribution in [-0.2, 0) is 0 Å². The molecule has 2 aromatic rings. The molecule has 0 fully saturated rings. The van der Waals surface area contributed by atoms with E-state index in [0.29, 0.717) is 0 Å². The zero-order chi connectivity index (χ0) is 11.9. The Kier molecular flexibility index (Phi) is 4.51. The van der Waals surface area contributed by atoms with E-state index in [1.54, 1.807) is 0 Å². The second kappa shape index (κ2) is 6.36. The molecule has 0 bridgehead atoms. The van der Waals surface area contributed by atoms with Gasteiger partial charge in [-0.1, -0.05) is 36.4 Å². The van der Waals surface area contributed by atoms with E-state index in [2.05, 4.69) is 66.8 Å². The molecule has 1 N–H and O–H groups in total. The molecular weight excluding hydrogens is 226 g/mol. The lowest BCUT2D eigenvalue weighted by Gasteiger charge is -2.08. The number of thioether (sulfide) groups is 1. The van der Waals surface area contributed by atoms with Crippen LogP contribution in [0, 0.1) is 6.92 Å². The molecule has 2 aromatic carbocycles. The van der Waals surface area contributed by atoms with Crippen molar-refractivity contribution in [1.82, 2.24) is 0 Å². The Hall–Kier alpha value is -1.41. The molecule has 0 saturated heterocycles.